The number of carbonyl (C=O) groups excluding carboxylic acids is 4. The van der Waals surface area contributed by atoms with Crippen LogP contribution in [0, 0.1) is 5.92 Å². The van der Waals surface area contributed by atoms with Gasteiger partial charge in [-0.25, -0.2) is 4.79 Å². The van der Waals surface area contributed by atoms with Crippen molar-refractivity contribution in [1.82, 2.24) is 20.5 Å². The van der Waals surface area contributed by atoms with Gasteiger partial charge in [0.25, 0.3) is 0 Å². The number of carbonyl (C=O) groups is 5. The molecule has 4 unspecified atom stereocenters. The molecule has 4 atom stereocenters. The predicted molar refractivity (Wildman–Crippen MR) is 135 cm³/mol. The summed E-state index contributed by atoms with van der Waals surface area (Å²) >= 11 is 0. The zero-order chi connectivity index (χ0) is 27.3. The number of aromatic nitrogens is 1. The molecule has 1 saturated heterocycles. The highest BCUT2D eigenvalue weighted by Crippen LogP contribution is 2.21. The lowest BCUT2D eigenvalue weighted by Crippen LogP contribution is -2.57. The number of hydrogen-bond acceptors (Lipinski definition) is 6. The third-order valence-electron chi connectivity index (χ3n) is 6.54. The Labute approximate surface area is 214 Å². The van der Waals surface area contributed by atoms with Crippen molar-refractivity contribution in [2.75, 3.05) is 6.54 Å². The van der Waals surface area contributed by atoms with Gasteiger partial charge in [0.1, 0.15) is 18.1 Å². The van der Waals surface area contributed by atoms with E-state index in [4.69, 9.17) is 11.5 Å². The number of nitrogens with one attached hydrogen (secondary N) is 3. The maximum absolute atomic E-state index is 13.3. The lowest BCUT2D eigenvalue weighted by atomic mass is 10.0. The van der Waals surface area contributed by atoms with E-state index >= 15 is 0 Å². The number of amides is 4. The number of para-hydroxylation sites is 1. The molecule has 12 heteroatoms. The number of carboxylic acid groups (broad SMARTS) is 1. The van der Waals surface area contributed by atoms with Crippen LogP contribution in [-0.2, 0) is 30.4 Å². The summed E-state index contributed by atoms with van der Waals surface area (Å²) in [6.45, 7) is 3.62. The lowest BCUT2D eigenvalue weighted by molar-refractivity contribution is -0.144. The van der Waals surface area contributed by atoms with Crippen LogP contribution in [0.15, 0.2) is 30.5 Å². The number of carboxylic acids is 1. The first-order valence-electron chi connectivity index (χ1n) is 12.2. The minimum atomic E-state index is -1.18. The van der Waals surface area contributed by atoms with E-state index in [0.717, 1.165) is 16.5 Å². The molecule has 2 heterocycles. The molecule has 0 aliphatic carbocycles. The van der Waals surface area contributed by atoms with Gasteiger partial charge in [0.2, 0.25) is 23.6 Å². The van der Waals surface area contributed by atoms with Gasteiger partial charge >= 0.3 is 5.97 Å². The van der Waals surface area contributed by atoms with Crippen molar-refractivity contribution in [2.45, 2.75) is 63.7 Å². The van der Waals surface area contributed by atoms with Crippen LogP contribution in [0.2, 0.25) is 0 Å². The monoisotopic (exact) mass is 514 g/mol. The highest BCUT2D eigenvalue weighted by Gasteiger charge is 2.38. The molecule has 1 fully saturated rings. The number of aromatic amines is 1. The number of nitrogens with zero attached hydrogens (tertiary/aromatic N) is 1. The van der Waals surface area contributed by atoms with E-state index in [1.807, 2.05) is 24.3 Å². The van der Waals surface area contributed by atoms with Gasteiger partial charge in [-0.05, 0) is 30.4 Å². The minimum Gasteiger partial charge on any atom is -0.480 e. The Hall–Kier alpha value is -3.93. The van der Waals surface area contributed by atoms with E-state index in [1.54, 1.807) is 20.0 Å². The molecule has 37 heavy (non-hydrogen) atoms. The summed E-state index contributed by atoms with van der Waals surface area (Å²) in [7, 11) is 0. The summed E-state index contributed by atoms with van der Waals surface area (Å²) < 4.78 is 0. The first-order valence-corrected chi connectivity index (χ1v) is 12.2. The van der Waals surface area contributed by atoms with Crippen LogP contribution >= 0.6 is 0 Å². The smallest absolute Gasteiger partial charge is 0.326 e. The molecule has 1 aromatic heterocycles. The summed E-state index contributed by atoms with van der Waals surface area (Å²) in [6, 6.07) is 3.17. The van der Waals surface area contributed by atoms with E-state index in [0.29, 0.717) is 12.8 Å². The average molecular weight is 515 g/mol. The summed E-state index contributed by atoms with van der Waals surface area (Å²) in [6.07, 6.45) is 2.38. The number of likely N-dealkylation sites (tertiary alicyclic amines) is 1. The molecule has 200 valence electrons. The zero-order valence-electron chi connectivity index (χ0n) is 20.9. The van der Waals surface area contributed by atoms with Gasteiger partial charge in [-0.1, -0.05) is 32.0 Å². The standard InChI is InChI=1S/C25H34N6O6/c1-13(2)21(25(36)37)30-22(33)18(10-14-12-28-17-7-4-3-6-15(14)17)29-23(34)19-8-5-9-31(19)24(35)16(26)11-20(27)32/h3-4,6-7,12-13,16,18-19,21,28H,5,8-11,26H2,1-2H3,(H2,27,32)(H,29,34)(H,30,33)(H,36,37). The molecule has 3 rings (SSSR count). The summed E-state index contributed by atoms with van der Waals surface area (Å²) in [5.41, 5.74) is 12.6. The normalized spacial score (nSPS) is 17.8. The van der Waals surface area contributed by atoms with Gasteiger partial charge in [-0.3, -0.25) is 19.2 Å². The second-order valence-electron chi connectivity index (χ2n) is 9.66. The molecule has 1 aliphatic heterocycles. The minimum absolute atomic E-state index is 0.0911. The van der Waals surface area contributed by atoms with E-state index in [9.17, 15) is 29.1 Å². The highest BCUT2D eigenvalue weighted by atomic mass is 16.4. The van der Waals surface area contributed by atoms with Gasteiger partial charge in [-0.2, -0.15) is 0 Å². The molecule has 8 N–H and O–H groups in total. The Bertz CT molecular complexity index is 1180. The fourth-order valence-electron chi connectivity index (χ4n) is 4.59. The number of aliphatic carboxylic acids is 1. The zero-order valence-corrected chi connectivity index (χ0v) is 20.9. The fourth-order valence-corrected chi connectivity index (χ4v) is 4.59. The SMILES string of the molecule is CC(C)C(NC(=O)C(Cc1c[nH]c2ccccc12)NC(=O)C1CCCN1C(=O)C(N)CC(N)=O)C(=O)O. The van der Waals surface area contributed by atoms with Crippen LogP contribution in [0.5, 0.6) is 0 Å². The Morgan fingerprint density at radius 2 is 1.86 bits per heavy atom. The van der Waals surface area contributed by atoms with Gasteiger partial charge in [0.05, 0.1) is 12.5 Å². The molecule has 0 bridgehead atoms. The van der Waals surface area contributed by atoms with Crippen LogP contribution in [0.4, 0.5) is 0 Å². The van der Waals surface area contributed by atoms with Crippen LogP contribution in [-0.4, -0.2) is 75.3 Å². The van der Waals surface area contributed by atoms with Crippen molar-refractivity contribution >= 4 is 40.5 Å². The van der Waals surface area contributed by atoms with Crippen molar-refractivity contribution in [3.8, 4) is 0 Å². The highest BCUT2D eigenvalue weighted by molar-refractivity contribution is 5.96. The second-order valence-corrected chi connectivity index (χ2v) is 9.66. The molecule has 1 aromatic carbocycles. The van der Waals surface area contributed by atoms with Crippen molar-refractivity contribution in [1.29, 1.82) is 0 Å². The van der Waals surface area contributed by atoms with Gasteiger partial charge in [0.15, 0.2) is 0 Å². The Balaban J connectivity index is 1.83. The maximum atomic E-state index is 13.3. The van der Waals surface area contributed by atoms with Gasteiger partial charge in [0, 0.05) is 30.1 Å². The topological polar surface area (TPSA) is 201 Å². The number of rotatable bonds is 11. The number of benzene rings is 1. The first-order chi connectivity index (χ1) is 17.5. The summed E-state index contributed by atoms with van der Waals surface area (Å²) in [4.78, 5) is 66.7. The fraction of sp³-hybridized carbons (Fsp3) is 0.480. The molecule has 4 amide bonds. The number of primary amides is 1. The molecule has 2 aromatic rings. The molecular weight excluding hydrogens is 480 g/mol. The van der Waals surface area contributed by atoms with Crippen LogP contribution in [0.1, 0.15) is 38.7 Å². The molecular formula is C25H34N6O6. The van der Waals surface area contributed by atoms with Crippen molar-refractivity contribution in [3.05, 3.63) is 36.0 Å². The van der Waals surface area contributed by atoms with Crippen LogP contribution in [0.3, 0.4) is 0 Å². The van der Waals surface area contributed by atoms with Crippen molar-refractivity contribution < 1.29 is 29.1 Å². The van der Waals surface area contributed by atoms with Crippen LogP contribution < -0.4 is 22.1 Å². The maximum Gasteiger partial charge on any atom is 0.326 e. The molecule has 12 nitrogen and oxygen atoms in total. The van der Waals surface area contributed by atoms with Crippen LogP contribution in [0.25, 0.3) is 10.9 Å². The quantitative estimate of drug-likeness (QED) is 0.234. The third kappa shape index (κ3) is 6.64. The number of H-pyrrole nitrogens is 1. The van der Waals surface area contributed by atoms with E-state index < -0.39 is 53.8 Å². The first kappa shape index (κ1) is 27.7. The molecule has 1 aliphatic rings. The third-order valence-corrected chi connectivity index (χ3v) is 6.54. The van der Waals surface area contributed by atoms with Crippen molar-refractivity contribution in [2.24, 2.45) is 17.4 Å². The van der Waals surface area contributed by atoms with Gasteiger partial charge < -0.3 is 37.1 Å². The van der Waals surface area contributed by atoms with Crippen molar-refractivity contribution in [3.63, 3.8) is 0 Å². The van der Waals surface area contributed by atoms with E-state index in [-0.39, 0.29) is 25.3 Å². The predicted octanol–water partition coefficient (Wildman–Crippen LogP) is -0.386. The summed E-state index contributed by atoms with van der Waals surface area (Å²) in [5, 5.41) is 15.7. The molecule has 0 saturated carbocycles. The average Bonchev–Trinajstić information content (AvgIpc) is 3.48. The summed E-state index contributed by atoms with van der Waals surface area (Å²) in [5.74, 6) is -4.08. The Morgan fingerprint density at radius 1 is 1.16 bits per heavy atom. The Kier molecular flexibility index (Phi) is 8.87. The lowest BCUT2D eigenvalue weighted by Gasteiger charge is -2.28. The molecule has 0 spiro atoms. The second kappa shape index (κ2) is 11.9. The largest absolute Gasteiger partial charge is 0.480 e. The van der Waals surface area contributed by atoms with E-state index in [1.165, 1.54) is 4.90 Å². The number of nitrogens with two attached hydrogens (primary N) is 2. The van der Waals surface area contributed by atoms with Gasteiger partial charge in [-0.15, -0.1) is 0 Å². The van der Waals surface area contributed by atoms with E-state index in [2.05, 4.69) is 15.6 Å². The Morgan fingerprint density at radius 3 is 2.51 bits per heavy atom. The number of fused-ring (bicyclic) bond motifs is 1. The molecule has 0 radical (unpaired) electrons. The number of hydrogen-bond donors (Lipinski definition) is 6.